The minimum Gasteiger partial charge on any atom is -0.299 e. The van der Waals surface area contributed by atoms with Gasteiger partial charge in [-0.1, -0.05) is 35.7 Å². The maximum Gasteiger partial charge on any atom is 0.143 e. The summed E-state index contributed by atoms with van der Waals surface area (Å²) in [5, 5.41) is 0. The van der Waals surface area contributed by atoms with Crippen LogP contribution in [0.2, 0.25) is 0 Å². The van der Waals surface area contributed by atoms with Crippen LogP contribution in [0.4, 0.5) is 0 Å². The zero-order valence-corrected chi connectivity index (χ0v) is 7.57. The van der Waals surface area contributed by atoms with Crippen molar-refractivity contribution in [1.29, 1.82) is 0 Å². The molecule has 0 aliphatic heterocycles. The summed E-state index contributed by atoms with van der Waals surface area (Å²) in [5.74, 6) is 0.239. The van der Waals surface area contributed by atoms with Crippen LogP contribution in [0.15, 0.2) is 0 Å². The van der Waals surface area contributed by atoms with Gasteiger partial charge in [0, 0.05) is 0 Å². The third kappa shape index (κ3) is 4.64. The van der Waals surface area contributed by atoms with E-state index in [9.17, 15) is 4.79 Å². The maximum absolute atomic E-state index is 10.6. The molecule has 9 heavy (non-hydrogen) atoms. The van der Waals surface area contributed by atoms with Crippen LogP contribution in [-0.2, 0) is 4.79 Å². The number of Topliss-reactive ketones (excluding diaryl/α,β-unsaturated/α-hetero) is 1. The van der Waals surface area contributed by atoms with E-state index in [0.717, 1.165) is 19.3 Å². The first-order chi connectivity index (χ1) is 4.18. The number of rotatable bonds is 4. The van der Waals surface area contributed by atoms with E-state index in [-0.39, 0.29) is 10.6 Å². The fourth-order valence-electron chi connectivity index (χ4n) is 0.587. The molecule has 0 amide bonds. The van der Waals surface area contributed by atoms with Gasteiger partial charge >= 0.3 is 0 Å². The summed E-state index contributed by atoms with van der Waals surface area (Å²) in [6.07, 6.45) is 3.27. The van der Waals surface area contributed by atoms with Crippen LogP contribution >= 0.6 is 15.9 Å². The molecule has 0 saturated carbocycles. The molecule has 1 unspecified atom stereocenters. The topological polar surface area (TPSA) is 17.1 Å². The van der Waals surface area contributed by atoms with Gasteiger partial charge in [-0.15, -0.1) is 0 Å². The fourth-order valence-corrected chi connectivity index (χ4v) is 0.910. The van der Waals surface area contributed by atoms with E-state index in [2.05, 4.69) is 22.9 Å². The highest BCUT2D eigenvalue weighted by molar-refractivity contribution is 9.10. The van der Waals surface area contributed by atoms with Crippen molar-refractivity contribution in [2.45, 2.75) is 37.9 Å². The predicted molar refractivity (Wildman–Crippen MR) is 42.9 cm³/mol. The largest absolute Gasteiger partial charge is 0.299 e. The van der Waals surface area contributed by atoms with Crippen LogP contribution in [0.25, 0.3) is 0 Å². The molecule has 0 aliphatic rings. The van der Waals surface area contributed by atoms with Gasteiger partial charge in [0.25, 0.3) is 0 Å². The van der Waals surface area contributed by atoms with E-state index >= 15 is 0 Å². The second kappa shape index (κ2) is 4.98. The summed E-state index contributed by atoms with van der Waals surface area (Å²) in [7, 11) is 0. The van der Waals surface area contributed by atoms with Crippen molar-refractivity contribution in [2.24, 2.45) is 0 Å². The van der Waals surface area contributed by atoms with Crippen LogP contribution in [0.5, 0.6) is 0 Å². The van der Waals surface area contributed by atoms with Gasteiger partial charge in [0.2, 0.25) is 0 Å². The highest BCUT2D eigenvalue weighted by atomic mass is 79.9. The molecule has 0 aromatic rings. The van der Waals surface area contributed by atoms with Crippen LogP contribution in [-0.4, -0.2) is 10.6 Å². The Morgan fingerprint density at radius 2 is 2.22 bits per heavy atom. The number of unbranched alkanes of at least 4 members (excludes halogenated alkanes) is 1. The molecule has 0 aromatic heterocycles. The Balaban J connectivity index is 3.27. The van der Waals surface area contributed by atoms with Crippen LogP contribution in [0.3, 0.4) is 0 Å². The fraction of sp³-hybridized carbons (Fsp3) is 0.857. The second-order valence-corrected chi connectivity index (χ2v) is 3.33. The molecule has 0 aromatic carbocycles. The minimum absolute atomic E-state index is 0.0949. The van der Waals surface area contributed by atoms with Crippen molar-refractivity contribution in [3.63, 3.8) is 0 Å². The van der Waals surface area contributed by atoms with Gasteiger partial charge in [-0.05, 0) is 13.3 Å². The van der Waals surface area contributed by atoms with Crippen molar-refractivity contribution in [2.75, 3.05) is 0 Å². The third-order valence-corrected chi connectivity index (χ3v) is 2.35. The van der Waals surface area contributed by atoms with E-state index < -0.39 is 0 Å². The number of alkyl halides is 1. The second-order valence-electron chi connectivity index (χ2n) is 2.22. The Hall–Kier alpha value is 0.150. The number of hydrogen-bond donors (Lipinski definition) is 0. The molecule has 1 nitrogen and oxygen atoms in total. The molecule has 1 atom stereocenters. The summed E-state index contributed by atoms with van der Waals surface area (Å²) in [4.78, 5) is 10.7. The SMILES string of the molecule is CCCCC(Br)C(C)=O. The lowest BCUT2D eigenvalue weighted by molar-refractivity contribution is -0.116. The summed E-state index contributed by atoms with van der Waals surface area (Å²) in [6.45, 7) is 3.74. The zero-order chi connectivity index (χ0) is 7.28. The summed E-state index contributed by atoms with van der Waals surface area (Å²) in [6, 6.07) is 0. The van der Waals surface area contributed by atoms with Gasteiger partial charge in [0.05, 0.1) is 4.83 Å². The van der Waals surface area contributed by atoms with Crippen molar-refractivity contribution in [3.05, 3.63) is 0 Å². The lowest BCUT2D eigenvalue weighted by atomic mass is 10.1. The van der Waals surface area contributed by atoms with Crippen LogP contribution in [0.1, 0.15) is 33.1 Å². The molecule has 0 spiro atoms. The Labute approximate surface area is 65.0 Å². The zero-order valence-electron chi connectivity index (χ0n) is 5.98. The van der Waals surface area contributed by atoms with Crippen LogP contribution < -0.4 is 0 Å². The van der Waals surface area contributed by atoms with E-state index in [0.29, 0.717) is 0 Å². The van der Waals surface area contributed by atoms with Crippen molar-refractivity contribution < 1.29 is 4.79 Å². The average Bonchev–Trinajstić information content (AvgIpc) is 1.82. The van der Waals surface area contributed by atoms with Gasteiger partial charge in [-0.25, -0.2) is 0 Å². The van der Waals surface area contributed by atoms with E-state index in [1.807, 2.05) is 0 Å². The Bertz CT molecular complexity index is 90.9. The Morgan fingerprint density at radius 3 is 2.56 bits per heavy atom. The van der Waals surface area contributed by atoms with Gasteiger partial charge in [-0.2, -0.15) is 0 Å². The Kier molecular flexibility index (Phi) is 5.06. The summed E-state index contributed by atoms with van der Waals surface area (Å²) < 4.78 is 0. The predicted octanol–water partition coefficient (Wildman–Crippen LogP) is 2.53. The smallest absolute Gasteiger partial charge is 0.143 e. The number of hydrogen-bond acceptors (Lipinski definition) is 1. The molecule has 0 N–H and O–H groups in total. The third-order valence-electron chi connectivity index (χ3n) is 1.25. The summed E-state index contributed by atoms with van der Waals surface area (Å²) in [5.41, 5.74) is 0. The average molecular weight is 193 g/mol. The van der Waals surface area contributed by atoms with E-state index in [4.69, 9.17) is 0 Å². The lowest BCUT2D eigenvalue weighted by Gasteiger charge is -2.01. The molecule has 0 bridgehead atoms. The summed E-state index contributed by atoms with van der Waals surface area (Å²) >= 11 is 3.29. The van der Waals surface area contributed by atoms with Gasteiger partial charge < -0.3 is 0 Å². The number of carbonyl (C=O) groups excluding carboxylic acids is 1. The number of halogens is 1. The molecule has 0 saturated heterocycles. The molecule has 0 rings (SSSR count). The van der Waals surface area contributed by atoms with Crippen molar-refractivity contribution in [1.82, 2.24) is 0 Å². The first kappa shape index (κ1) is 9.15. The van der Waals surface area contributed by atoms with Crippen molar-refractivity contribution >= 4 is 21.7 Å². The molecule has 0 aliphatic carbocycles. The molecule has 2 heteroatoms. The minimum atomic E-state index is 0.0949. The molecule has 54 valence electrons. The van der Waals surface area contributed by atoms with Crippen molar-refractivity contribution in [3.8, 4) is 0 Å². The highest BCUT2D eigenvalue weighted by Gasteiger charge is 2.06. The van der Waals surface area contributed by atoms with E-state index in [1.165, 1.54) is 0 Å². The van der Waals surface area contributed by atoms with Gasteiger partial charge in [-0.3, -0.25) is 4.79 Å². The standard InChI is InChI=1S/C7H13BrO/c1-3-4-5-7(8)6(2)9/h7H,3-5H2,1-2H3. The molecule has 0 heterocycles. The Morgan fingerprint density at radius 1 is 1.67 bits per heavy atom. The molecular weight excluding hydrogens is 180 g/mol. The monoisotopic (exact) mass is 192 g/mol. The van der Waals surface area contributed by atoms with Gasteiger partial charge in [0.15, 0.2) is 0 Å². The first-order valence-electron chi connectivity index (χ1n) is 3.33. The number of carbonyl (C=O) groups is 1. The highest BCUT2D eigenvalue weighted by Crippen LogP contribution is 2.09. The lowest BCUT2D eigenvalue weighted by Crippen LogP contribution is -2.08. The molecule has 0 radical (unpaired) electrons. The first-order valence-corrected chi connectivity index (χ1v) is 4.24. The maximum atomic E-state index is 10.6. The molecule has 0 fully saturated rings. The van der Waals surface area contributed by atoms with Gasteiger partial charge in [0.1, 0.15) is 5.78 Å². The normalized spacial score (nSPS) is 13.2. The van der Waals surface area contributed by atoms with E-state index in [1.54, 1.807) is 6.92 Å². The van der Waals surface area contributed by atoms with Crippen LogP contribution in [0, 0.1) is 0 Å². The molecular formula is C7H13BrO. The number of ketones is 1. The quantitative estimate of drug-likeness (QED) is 0.627.